The van der Waals surface area contributed by atoms with Crippen molar-refractivity contribution in [1.29, 1.82) is 0 Å². The normalized spacial score (nSPS) is 11.8. The standard InChI is InChI=1S/C16H18ClNO2S2/c1-18(2)22(19,20)16-8-4-6-14(10-16)12-21-11-13-5-3-7-15(17)9-13/h3-10H,11-12H2,1-2H3. The van der Waals surface area contributed by atoms with Gasteiger partial charge in [0, 0.05) is 30.6 Å². The van der Waals surface area contributed by atoms with Gasteiger partial charge < -0.3 is 0 Å². The number of nitrogens with zero attached hydrogens (tertiary/aromatic N) is 1. The molecule has 0 atom stereocenters. The average Bonchev–Trinajstić information content (AvgIpc) is 2.47. The molecule has 22 heavy (non-hydrogen) atoms. The summed E-state index contributed by atoms with van der Waals surface area (Å²) < 4.78 is 25.5. The maximum atomic E-state index is 12.1. The Morgan fingerprint density at radius 3 is 2.18 bits per heavy atom. The fraction of sp³-hybridized carbons (Fsp3) is 0.250. The summed E-state index contributed by atoms with van der Waals surface area (Å²) in [5.41, 5.74) is 2.16. The minimum absolute atomic E-state index is 0.332. The lowest BCUT2D eigenvalue weighted by Crippen LogP contribution is -2.22. The highest BCUT2D eigenvalue weighted by molar-refractivity contribution is 7.97. The van der Waals surface area contributed by atoms with Crippen LogP contribution < -0.4 is 0 Å². The van der Waals surface area contributed by atoms with Gasteiger partial charge in [0.05, 0.1) is 4.90 Å². The summed E-state index contributed by atoms with van der Waals surface area (Å²) in [6.45, 7) is 0. The Kier molecular flexibility index (Phi) is 5.92. The third-order valence-corrected chi connectivity index (χ3v) is 6.22. The first-order valence-electron chi connectivity index (χ1n) is 6.73. The zero-order valence-electron chi connectivity index (χ0n) is 12.5. The van der Waals surface area contributed by atoms with E-state index in [2.05, 4.69) is 0 Å². The van der Waals surface area contributed by atoms with E-state index in [1.807, 2.05) is 30.3 Å². The summed E-state index contributed by atoms with van der Waals surface area (Å²) in [6.07, 6.45) is 0. The second-order valence-corrected chi connectivity index (χ2v) is 8.63. The van der Waals surface area contributed by atoms with Crippen LogP contribution in [-0.2, 0) is 21.5 Å². The van der Waals surface area contributed by atoms with Gasteiger partial charge in [0.25, 0.3) is 0 Å². The van der Waals surface area contributed by atoms with E-state index in [-0.39, 0.29) is 0 Å². The molecule has 0 aliphatic carbocycles. The zero-order valence-corrected chi connectivity index (χ0v) is 14.9. The van der Waals surface area contributed by atoms with Gasteiger partial charge in [-0.3, -0.25) is 0 Å². The van der Waals surface area contributed by atoms with Gasteiger partial charge >= 0.3 is 0 Å². The SMILES string of the molecule is CN(C)S(=O)(=O)c1cccc(CSCc2cccc(Cl)c2)c1. The lowest BCUT2D eigenvalue weighted by Gasteiger charge is -2.12. The Hall–Kier alpha value is -1.01. The van der Waals surface area contributed by atoms with Crippen LogP contribution in [-0.4, -0.2) is 26.8 Å². The Morgan fingerprint density at radius 1 is 1.00 bits per heavy atom. The van der Waals surface area contributed by atoms with Crippen LogP contribution in [0.4, 0.5) is 0 Å². The van der Waals surface area contributed by atoms with Gasteiger partial charge in [0.2, 0.25) is 10.0 Å². The van der Waals surface area contributed by atoms with Crippen molar-refractivity contribution in [3.05, 3.63) is 64.7 Å². The molecule has 0 aliphatic heterocycles. The van der Waals surface area contributed by atoms with Gasteiger partial charge in [-0.1, -0.05) is 35.9 Å². The molecule has 0 radical (unpaired) electrons. The lowest BCUT2D eigenvalue weighted by molar-refractivity contribution is 0.520. The molecule has 0 aliphatic rings. The molecule has 6 heteroatoms. The molecule has 0 fully saturated rings. The van der Waals surface area contributed by atoms with Crippen molar-refractivity contribution in [2.75, 3.05) is 14.1 Å². The number of hydrogen-bond acceptors (Lipinski definition) is 3. The summed E-state index contributed by atoms with van der Waals surface area (Å²) in [4.78, 5) is 0.332. The van der Waals surface area contributed by atoms with Crippen LogP contribution in [0, 0.1) is 0 Å². The first-order chi connectivity index (χ1) is 10.4. The Morgan fingerprint density at radius 2 is 1.59 bits per heavy atom. The van der Waals surface area contributed by atoms with Crippen LogP contribution in [0.5, 0.6) is 0 Å². The molecule has 118 valence electrons. The second kappa shape index (κ2) is 7.51. The number of sulfonamides is 1. The van der Waals surface area contributed by atoms with E-state index < -0.39 is 10.0 Å². The first-order valence-corrected chi connectivity index (χ1v) is 9.70. The molecule has 0 N–H and O–H groups in total. The maximum absolute atomic E-state index is 12.1. The molecule has 2 rings (SSSR count). The van der Waals surface area contributed by atoms with E-state index in [0.717, 1.165) is 27.7 Å². The molecule has 3 nitrogen and oxygen atoms in total. The van der Waals surface area contributed by atoms with E-state index in [4.69, 9.17) is 11.6 Å². The van der Waals surface area contributed by atoms with Crippen molar-refractivity contribution in [2.45, 2.75) is 16.4 Å². The van der Waals surface area contributed by atoms with Crippen molar-refractivity contribution in [3.63, 3.8) is 0 Å². The second-order valence-electron chi connectivity index (χ2n) is 5.06. The lowest BCUT2D eigenvalue weighted by atomic mass is 10.2. The van der Waals surface area contributed by atoms with Gasteiger partial charge in [-0.25, -0.2) is 12.7 Å². The third-order valence-electron chi connectivity index (χ3n) is 3.10. The van der Waals surface area contributed by atoms with E-state index in [0.29, 0.717) is 4.90 Å². The van der Waals surface area contributed by atoms with Gasteiger partial charge in [-0.05, 0) is 35.4 Å². The van der Waals surface area contributed by atoms with Gasteiger partial charge in [0.1, 0.15) is 0 Å². The summed E-state index contributed by atoms with van der Waals surface area (Å²) >= 11 is 7.69. The predicted octanol–water partition coefficient (Wildman–Crippen LogP) is 4.02. The largest absolute Gasteiger partial charge is 0.242 e. The van der Waals surface area contributed by atoms with E-state index in [9.17, 15) is 8.42 Å². The number of hydrogen-bond donors (Lipinski definition) is 0. The fourth-order valence-electron chi connectivity index (χ4n) is 1.92. The monoisotopic (exact) mass is 355 g/mol. The maximum Gasteiger partial charge on any atom is 0.242 e. The molecule has 0 amide bonds. The predicted molar refractivity (Wildman–Crippen MR) is 93.8 cm³/mol. The minimum atomic E-state index is -3.38. The van der Waals surface area contributed by atoms with Crippen LogP contribution >= 0.6 is 23.4 Å². The quantitative estimate of drug-likeness (QED) is 0.785. The first kappa shape index (κ1) is 17.3. The van der Waals surface area contributed by atoms with Gasteiger partial charge in [-0.15, -0.1) is 0 Å². The minimum Gasteiger partial charge on any atom is -0.207 e. The van der Waals surface area contributed by atoms with Crippen LogP contribution in [0.1, 0.15) is 11.1 Å². The Balaban J connectivity index is 2.02. The smallest absolute Gasteiger partial charge is 0.207 e. The number of rotatable bonds is 6. The van der Waals surface area contributed by atoms with E-state index in [1.54, 1.807) is 30.0 Å². The van der Waals surface area contributed by atoms with Crippen LogP contribution in [0.2, 0.25) is 5.02 Å². The highest BCUT2D eigenvalue weighted by Gasteiger charge is 2.16. The third kappa shape index (κ3) is 4.49. The van der Waals surface area contributed by atoms with Crippen LogP contribution in [0.3, 0.4) is 0 Å². The van der Waals surface area contributed by atoms with Crippen molar-refractivity contribution in [2.24, 2.45) is 0 Å². The summed E-state index contributed by atoms with van der Waals surface area (Å²) in [6, 6.07) is 14.9. The molecule has 0 unspecified atom stereocenters. The summed E-state index contributed by atoms with van der Waals surface area (Å²) in [5, 5.41) is 0.733. The van der Waals surface area contributed by atoms with E-state index in [1.165, 1.54) is 18.4 Å². The molecule has 2 aromatic carbocycles. The van der Waals surface area contributed by atoms with Crippen molar-refractivity contribution in [3.8, 4) is 0 Å². The summed E-state index contributed by atoms with van der Waals surface area (Å²) in [5.74, 6) is 1.59. The van der Waals surface area contributed by atoms with E-state index >= 15 is 0 Å². The van der Waals surface area contributed by atoms with Crippen LogP contribution in [0.25, 0.3) is 0 Å². The van der Waals surface area contributed by atoms with Crippen molar-refractivity contribution in [1.82, 2.24) is 4.31 Å². The molecular formula is C16H18ClNO2S2. The fourth-order valence-corrected chi connectivity index (χ4v) is 4.04. The molecule has 0 spiro atoms. The summed E-state index contributed by atoms with van der Waals surface area (Å²) in [7, 11) is -0.300. The average molecular weight is 356 g/mol. The number of benzene rings is 2. The van der Waals surface area contributed by atoms with Crippen molar-refractivity contribution < 1.29 is 8.42 Å². The topological polar surface area (TPSA) is 37.4 Å². The molecule has 0 bridgehead atoms. The molecular weight excluding hydrogens is 338 g/mol. The van der Waals surface area contributed by atoms with Crippen LogP contribution in [0.15, 0.2) is 53.4 Å². The van der Waals surface area contributed by atoms with Gasteiger partial charge in [0.15, 0.2) is 0 Å². The molecule has 0 saturated heterocycles. The Labute approximate surface area is 141 Å². The Bertz CT molecular complexity index is 745. The van der Waals surface area contributed by atoms with Gasteiger partial charge in [-0.2, -0.15) is 11.8 Å². The number of halogens is 1. The molecule has 0 saturated carbocycles. The molecule has 2 aromatic rings. The van der Waals surface area contributed by atoms with Crippen molar-refractivity contribution >= 4 is 33.4 Å². The molecule has 0 aromatic heterocycles. The zero-order chi connectivity index (χ0) is 16.2. The highest BCUT2D eigenvalue weighted by atomic mass is 35.5. The number of thioether (sulfide) groups is 1. The molecule has 0 heterocycles. The highest BCUT2D eigenvalue weighted by Crippen LogP contribution is 2.22.